The highest BCUT2D eigenvalue weighted by molar-refractivity contribution is 5.81. The van der Waals surface area contributed by atoms with Gasteiger partial charge in [0.25, 0.3) is 0 Å². The third-order valence-corrected chi connectivity index (χ3v) is 3.36. The molecule has 0 spiro atoms. The largest absolute Gasteiger partial charge is 0.493 e. The van der Waals surface area contributed by atoms with Gasteiger partial charge in [0.05, 0.1) is 19.3 Å². The molecule has 1 aliphatic carbocycles. The van der Waals surface area contributed by atoms with Crippen LogP contribution in [0.5, 0.6) is 11.5 Å². The molecule has 0 bridgehead atoms. The molecule has 1 unspecified atom stereocenters. The Hall–Kier alpha value is -1.71. The smallest absolute Gasteiger partial charge is 0.223 e. The lowest BCUT2D eigenvalue weighted by atomic mass is 10.1. The molecular weight excluding hydrogens is 254 g/mol. The number of carbonyl (C=O) groups excluding carboxylic acids is 1. The Balaban J connectivity index is 2.09. The van der Waals surface area contributed by atoms with E-state index in [-0.39, 0.29) is 24.0 Å². The van der Waals surface area contributed by atoms with Crippen LogP contribution in [0.2, 0.25) is 0 Å². The number of benzene rings is 1. The highest BCUT2D eigenvalue weighted by atomic mass is 16.5. The molecule has 1 N–H and O–H groups in total. The molecule has 0 aliphatic heterocycles. The van der Waals surface area contributed by atoms with E-state index in [1.165, 1.54) is 0 Å². The lowest BCUT2D eigenvalue weighted by Gasteiger charge is -2.18. The summed E-state index contributed by atoms with van der Waals surface area (Å²) >= 11 is 0. The van der Waals surface area contributed by atoms with Crippen molar-refractivity contribution in [1.29, 1.82) is 0 Å². The molecule has 1 aliphatic rings. The van der Waals surface area contributed by atoms with Gasteiger partial charge in [-0.05, 0) is 51.3 Å². The topological polar surface area (TPSA) is 47.6 Å². The minimum atomic E-state index is -0.0231. The second-order valence-corrected chi connectivity index (χ2v) is 5.58. The van der Waals surface area contributed by atoms with Gasteiger partial charge in [-0.2, -0.15) is 0 Å². The van der Waals surface area contributed by atoms with E-state index in [4.69, 9.17) is 9.47 Å². The number of nitrogens with one attached hydrogen (secondary N) is 1. The quantitative estimate of drug-likeness (QED) is 0.869. The second-order valence-electron chi connectivity index (χ2n) is 5.58. The first-order chi connectivity index (χ1) is 9.51. The van der Waals surface area contributed by atoms with Gasteiger partial charge in [0.15, 0.2) is 11.5 Å². The van der Waals surface area contributed by atoms with E-state index in [2.05, 4.69) is 5.32 Å². The first kappa shape index (κ1) is 14.7. The van der Waals surface area contributed by atoms with Crippen LogP contribution in [0.25, 0.3) is 0 Å². The van der Waals surface area contributed by atoms with E-state index in [9.17, 15) is 4.79 Å². The minimum absolute atomic E-state index is 0.0231. The van der Waals surface area contributed by atoms with Gasteiger partial charge in [0.2, 0.25) is 5.91 Å². The Morgan fingerprint density at radius 3 is 2.50 bits per heavy atom. The van der Waals surface area contributed by atoms with Gasteiger partial charge in [0, 0.05) is 5.92 Å². The Morgan fingerprint density at radius 1 is 1.25 bits per heavy atom. The molecular formula is C16H23NO3. The summed E-state index contributed by atoms with van der Waals surface area (Å²) in [5.74, 6) is 1.80. The molecule has 4 heteroatoms. The molecule has 0 heterocycles. The van der Waals surface area contributed by atoms with E-state index in [1.807, 2.05) is 39.0 Å². The fraction of sp³-hybridized carbons (Fsp3) is 0.562. The Bertz CT molecular complexity index is 481. The third-order valence-electron chi connectivity index (χ3n) is 3.36. The molecule has 0 radical (unpaired) electrons. The third kappa shape index (κ3) is 3.65. The zero-order chi connectivity index (χ0) is 14.7. The molecule has 1 aromatic rings. The van der Waals surface area contributed by atoms with Crippen LogP contribution in [0.4, 0.5) is 0 Å². The average Bonchev–Trinajstić information content (AvgIpc) is 3.22. The van der Waals surface area contributed by atoms with Crippen molar-refractivity contribution in [3.8, 4) is 11.5 Å². The Kier molecular flexibility index (Phi) is 4.53. The highest BCUT2D eigenvalue weighted by Crippen LogP contribution is 2.32. The van der Waals surface area contributed by atoms with Gasteiger partial charge in [-0.25, -0.2) is 0 Å². The Morgan fingerprint density at radius 2 is 1.95 bits per heavy atom. The minimum Gasteiger partial charge on any atom is -0.493 e. The van der Waals surface area contributed by atoms with Crippen molar-refractivity contribution in [2.75, 3.05) is 7.11 Å². The van der Waals surface area contributed by atoms with Crippen LogP contribution < -0.4 is 14.8 Å². The zero-order valence-corrected chi connectivity index (χ0v) is 12.6. The molecule has 20 heavy (non-hydrogen) atoms. The van der Waals surface area contributed by atoms with E-state index in [1.54, 1.807) is 7.11 Å². The number of carbonyl (C=O) groups is 1. The molecule has 1 aromatic carbocycles. The molecule has 1 amide bonds. The van der Waals surface area contributed by atoms with Crippen molar-refractivity contribution >= 4 is 5.91 Å². The van der Waals surface area contributed by atoms with Crippen molar-refractivity contribution in [3.63, 3.8) is 0 Å². The maximum absolute atomic E-state index is 11.8. The fourth-order valence-electron chi connectivity index (χ4n) is 2.06. The summed E-state index contributed by atoms with van der Waals surface area (Å²) in [6.07, 6.45) is 2.13. The molecule has 2 rings (SSSR count). The number of amides is 1. The monoisotopic (exact) mass is 277 g/mol. The van der Waals surface area contributed by atoms with Crippen molar-refractivity contribution in [2.24, 2.45) is 5.92 Å². The molecule has 0 saturated heterocycles. The van der Waals surface area contributed by atoms with Gasteiger partial charge in [-0.1, -0.05) is 6.07 Å². The Labute approximate surface area is 120 Å². The molecule has 110 valence electrons. The van der Waals surface area contributed by atoms with Gasteiger partial charge in [0.1, 0.15) is 0 Å². The van der Waals surface area contributed by atoms with Crippen LogP contribution in [0, 0.1) is 5.92 Å². The summed E-state index contributed by atoms with van der Waals surface area (Å²) in [4.78, 5) is 11.8. The van der Waals surface area contributed by atoms with Crippen molar-refractivity contribution < 1.29 is 14.3 Å². The molecule has 4 nitrogen and oxygen atoms in total. The van der Waals surface area contributed by atoms with E-state index in [0.717, 1.165) is 24.2 Å². The van der Waals surface area contributed by atoms with Crippen LogP contribution in [0.1, 0.15) is 45.2 Å². The SMILES string of the molecule is COc1cc(C(C)NC(=O)C2CC2)ccc1OC(C)C. The van der Waals surface area contributed by atoms with Gasteiger partial charge < -0.3 is 14.8 Å². The molecule has 1 fully saturated rings. The second kappa shape index (κ2) is 6.16. The standard InChI is InChI=1S/C16H23NO3/c1-10(2)20-14-8-7-13(9-15(14)19-4)11(3)17-16(18)12-5-6-12/h7-12H,5-6H2,1-4H3,(H,17,18). The van der Waals surface area contributed by atoms with Crippen LogP contribution in [0.3, 0.4) is 0 Å². The lowest BCUT2D eigenvalue weighted by molar-refractivity contribution is -0.122. The van der Waals surface area contributed by atoms with Crippen LogP contribution in [-0.2, 0) is 4.79 Å². The maximum Gasteiger partial charge on any atom is 0.223 e. The predicted molar refractivity (Wildman–Crippen MR) is 78.0 cm³/mol. The molecule has 1 atom stereocenters. The van der Waals surface area contributed by atoms with Crippen molar-refractivity contribution in [3.05, 3.63) is 23.8 Å². The average molecular weight is 277 g/mol. The summed E-state index contributed by atoms with van der Waals surface area (Å²) in [5.41, 5.74) is 1.02. The number of ether oxygens (including phenoxy) is 2. The summed E-state index contributed by atoms with van der Waals surface area (Å²) in [6.45, 7) is 5.94. The zero-order valence-electron chi connectivity index (χ0n) is 12.6. The fourth-order valence-corrected chi connectivity index (χ4v) is 2.06. The van der Waals surface area contributed by atoms with Crippen LogP contribution in [0.15, 0.2) is 18.2 Å². The number of methoxy groups -OCH3 is 1. The molecule has 1 saturated carbocycles. The van der Waals surface area contributed by atoms with Crippen LogP contribution >= 0.6 is 0 Å². The first-order valence-electron chi connectivity index (χ1n) is 7.16. The number of rotatable bonds is 6. The lowest BCUT2D eigenvalue weighted by Crippen LogP contribution is -2.27. The van der Waals surface area contributed by atoms with Crippen molar-refractivity contribution in [1.82, 2.24) is 5.32 Å². The number of hydrogen-bond acceptors (Lipinski definition) is 3. The van der Waals surface area contributed by atoms with Crippen molar-refractivity contribution in [2.45, 2.75) is 45.8 Å². The molecule has 0 aromatic heterocycles. The summed E-state index contributed by atoms with van der Waals surface area (Å²) in [5, 5.41) is 3.03. The summed E-state index contributed by atoms with van der Waals surface area (Å²) in [6, 6.07) is 5.77. The van der Waals surface area contributed by atoms with E-state index < -0.39 is 0 Å². The highest BCUT2D eigenvalue weighted by Gasteiger charge is 2.30. The number of hydrogen-bond donors (Lipinski definition) is 1. The van der Waals surface area contributed by atoms with Gasteiger partial charge in [-0.15, -0.1) is 0 Å². The summed E-state index contributed by atoms with van der Waals surface area (Å²) < 4.78 is 11.1. The summed E-state index contributed by atoms with van der Waals surface area (Å²) in [7, 11) is 1.62. The van der Waals surface area contributed by atoms with Crippen LogP contribution in [-0.4, -0.2) is 19.1 Å². The first-order valence-corrected chi connectivity index (χ1v) is 7.16. The maximum atomic E-state index is 11.8. The normalized spacial score (nSPS) is 15.8. The van der Waals surface area contributed by atoms with E-state index >= 15 is 0 Å². The van der Waals surface area contributed by atoms with Gasteiger partial charge >= 0.3 is 0 Å². The van der Waals surface area contributed by atoms with Gasteiger partial charge in [-0.3, -0.25) is 4.79 Å². The van der Waals surface area contributed by atoms with E-state index in [0.29, 0.717) is 5.75 Å². The predicted octanol–water partition coefficient (Wildman–Crippen LogP) is 3.07.